The van der Waals surface area contributed by atoms with Crippen LogP contribution in [0.3, 0.4) is 0 Å². The van der Waals surface area contributed by atoms with Crippen molar-refractivity contribution < 1.29 is 4.74 Å². The van der Waals surface area contributed by atoms with Gasteiger partial charge in [0.15, 0.2) is 0 Å². The Bertz CT molecular complexity index is 427. The molecule has 1 unspecified atom stereocenters. The van der Waals surface area contributed by atoms with Gasteiger partial charge in [-0.25, -0.2) is 0 Å². The molecule has 0 aromatic heterocycles. The first-order valence-electron chi connectivity index (χ1n) is 6.62. The molecule has 1 atom stereocenters. The van der Waals surface area contributed by atoms with Gasteiger partial charge in [0, 0.05) is 5.54 Å². The molecular weight excluding hydrogens is 222 g/mol. The Labute approximate surface area is 112 Å². The predicted molar refractivity (Wildman–Crippen MR) is 78.3 cm³/mol. The monoisotopic (exact) mass is 249 g/mol. The maximum absolute atomic E-state index is 6.40. The van der Waals surface area contributed by atoms with Crippen LogP contribution in [0.5, 0.6) is 5.75 Å². The van der Waals surface area contributed by atoms with Gasteiger partial charge in [-0.2, -0.15) is 0 Å². The van der Waals surface area contributed by atoms with Crippen LogP contribution in [0.25, 0.3) is 0 Å². The Morgan fingerprint density at radius 1 is 1.11 bits per heavy atom. The van der Waals surface area contributed by atoms with Gasteiger partial charge in [-0.05, 0) is 54.5 Å². The zero-order chi connectivity index (χ0) is 14.1. The van der Waals surface area contributed by atoms with E-state index >= 15 is 0 Å². The van der Waals surface area contributed by atoms with E-state index in [0.717, 1.165) is 12.2 Å². The van der Waals surface area contributed by atoms with E-state index in [1.165, 1.54) is 16.7 Å². The largest absolute Gasteiger partial charge is 0.496 e. The fourth-order valence-corrected chi connectivity index (χ4v) is 2.24. The van der Waals surface area contributed by atoms with E-state index < -0.39 is 0 Å². The van der Waals surface area contributed by atoms with Gasteiger partial charge in [0.05, 0.1) is 7.11 Å². The number of ether oxygens (including phenoxy) is 1. The van der Waals surface area contributed by atoms with Crippen molar-refractivity contribution in [2.75, 3.05) is 7.11 Å². The Morgan fingerprint density at radius 2 is 1.67 bits per heavy atom. The lowest BCUT2D eigenvalue weighted by Gasteiger charge is -2.30. The van der Waals surface area contributed by atoms with E-state index in [-0.39, 0.29) is 11.0 Å². The minimum absolute atomic E-state index is 0.0532. The number of aryl methyl sites for hydroxylation is 1. The highest BCUT2D eigenvalue weighted by Crippen LogP contribution is 2.36. The molecule has 1 aromatic rings. The standard InChI is InChI=1S/C16H27NO/c1-8-16(6,17)12-10-13(15(3,4)5)14(18-7)9-11(12)2/h9-10H,8,17H2,1-7H3. The van der Waals surface area contributed by atoms with Crippen LogP contribution in [0.4, 0.5) is 0 Å². The third kappa shape index (κ3) is 2.86. The van der Waals surface area contributed by atoms with Crippen molar-refractivity contribution in [1.29, 1.82) is 0 Å². The van der Waals surface area contributed by atoms with E-state index in [2.05, 4.69) is 53.7 Å². The van der Waals surface area contributed by atoms with Crippen molar-refractivity contribution in [3.8, 4) is 5.75 Å². The summed E-state index contributed by atoms with van der Waals surface area (Å²) in [6.07, 6.45) is 0.920. The van der Waals surface area contributed by atoms with Gasteiger partial charge in [0.1, 0.15) is 5.75 Å². The topological polar surface area (TPSA) is 35.2 Å². The summed E-state index contributed by atoms with van der Waals surface area (Å²) in [5.74, 6) is 0.954. The molecule has 0 aliphatic heterocycles. The summed E-state index contributed by atoms with van der Waals surface area (Å²) in [5, 5.41) is 0. The molecule has 0 aliphatic rings. The first kappa shape index (κ1) is 15.0. The maximum Gasteiger partial charge on any atom is 0.122 e. The van der Waals surface area contributed by atoms with E-state index in [0.29, 0.717) is 0 Å². The number of hydrogen-bond donors (Lipinski definition) is 1. The SMILES string of the molecule is CCC(C)(N)c1cc(C(C)(C)C)c(OC)cc1C. The Morgan fingerprint density at radius 3 is 2.06 bits per heavy atom. The molecule has 2 N–H and O–H groups in total. The molecule has 0 heterocycles. The van der Waals surface area contributed by atoms with Crippen LogP contribution in [0, 0.1) is 6.92 Å². The van der Waals surface area contributed by atoms with E-state index in [1.54, 1.807) is 7.11 Å². The van der Waals surface area contributed by atoms with Crippen LogP contribution < -0.4 is 10.5 Å². The molecule has 0 radical (unpaired) electrons. The number of benzene rings is 1. The second-order valence-corrected chi connectivity index (χ2v) is 6.39. The van der Waals surface area contributed by atoms with Crippen molar-refractivity contribution in [1.82, 2.24) is 0 Å². The van der Waals surface area contributed by atoms with Crippen LogP contribution in [-0.2, 0) is 11.0 Å². The van der Waals surface area contributed by atoms with E-state index in [1.807, 2.05) is 0 Å². The van der Waals surface area contributed by atoms with Crippen LogP contribution in [0.15, 0.2) is 12.1 Å². The van der Waals surface area contributed by atoms with Crippen molar-refractivity contribution >= 4 is 0 Å². The molecule has 0 aliphatic carbocycles. The van der Waals surface area contributed by atoms with Crippen LogP contribution >= 0.6 is 0 Å². The Hall–Kier alpha value is -1.02. The highest BCUT2D eigenvalue weighted by molar-refractivity contribution is 5.47. The lowest BCUT2D eigenvalue weighted by Crippen LogP contribution is -2.33. The molecule has 0 spiro atoms. The summed E-state index contributed by atoms with van der Waals surface area (Å²) in [4.78, 5) is 0. The normalized spacial score (nSPS) is 15.3. The molecule has 2 heteroatoms. The quantitative estimate of drug-likeness (QED) is 0.882. The highest BCUT2D eigenvalue weighted by atomic mass is 16.5. The summed E-state index contributed by atoms with van der Waals surface area (Å²) < 4.78 is 5.51. The molecule has 1 aromatic carbocycles. The molecule has 0 amide bonds. The van der Waals surface area contributed by atoms with Crippen molar-refractivity contribution in [3.63, 3.8) is 0 Å². The van der Waals surface area contributed by atoms with Gasteiger partial charge < -0.3 is 10.5 Å². The predicted octanol–water partition coefficient (Wildman–Crippen LogP) is 3.89. The third-order valence-electron chi connectivity index (χ3n) is 3.70. The van der Waals surface area contributed by atoms with Crippen molar-refractivity contribution in [2.24, 2.45) is 5.73 Å². The fraction of sp³-hybridized carbons (Fsp3) is 0.625. The number of methoxy groups -OCH3 is 1. The lowest BCUT2D eigenvalue weighted by atomic mass is 9.80. The van der Waals surface area contributed by atoms with E-state index in [4.69, 9.17) is 10.5 Å². The summed E-state index contributed by atoms with van der Waals surface area (Å²) in [6.45, 7) is 12.9. The molecule has 0 bridgehead atoms. The molecule has 18 heavy (non-hydrogen) atoms. The molecule has 0 saturated heterocycles. The zero-order valence-electron chi connectivity index (χ0n) is 12.8. The second kappa shape index (κ2) is 4.93. The minimum Gasteiger partial charge on any atom is -0.496 e. The Balaban J connectivity index is 3.49. The highest BCUT2D eigenvalue weighted by Gasteiger charge is 2.26. The first-order chi connectivity index (χ1) is 8.13. The first-order valence-corrected chi connectivity index (χ1v) is 6.62. The maximum atomic E-state index is 6.40. The molecule has 0 saturated carbocycles. The summed E-state index contributed by atoms with van der Waals surface area (Å²) in [5.41, 5.74) is 9.81. The second-order valence-electron chi connectivity index (χ2n) is 6.39. The third-order valence-corrected chi connectivity index (χ3v) is 3.70. The van der Waals surface area contributed by atoms with Gasteiger partial charge in [-0.15, -0.1) is 0 Å². The van der Waals surface area contributed by atoms with Gasteiger partial charge >= 0.3 is 0 Å². The fourth-order valence-electron chi connectivity index (χ4n) is 2.24. The summed E-state index contributed by atoms with van der Waals surface area (Å²) >= 11 is 0. The molecule has 2 nitrogen and oxygen atoms in total. The van der Waals surface area contributed by atoms with Crippen LogP contribution in [0.2, 0.25) is 0 Å². The molecule has 0 fully saturated rings. The van der Waals surface area contributed by atoms with E-state index in [9.17, 15) is 0 Å². The Kier molecular flexibility index (Phi) is 4.12. The smallest absolute Gasteiger partial charge is 0.122 e. The van der Waals surface area contributed by atoms with Crippen molar-refractivity contribution in [3.05, 3.63) is 28.8 Å². The number of rotatable bonds is 3. The van der Waals surface area contributed by atoms with Gasteiger partial charge in [0.2, 0.25) is 0 Å². The van der Waals surface area contributed by atoms with Crippen LogP contribution in [-0.4, -0.2) is 7.11 Å². The average molecular weight is 249 g/mol. The number of nitrogens with two attached hydrogens (primary N) is 1. The lowest BCUT2D eigenvalue weighted by molar-refractivity contribution is 0.394. The minimum atomic E-state index is -0.281. The number of hydrogen-bond acceptors (Lipinski definition) is 2. The van der Waals surface area contributed by atoms with Crippen LogP contribution in [0.1, 0.15) is 57.7 Å². The zero-order valence-corrected chi connectivity index (χ0v) is 12.8. The average Bonchev–Trinajstić information content (AvgIpc) is 2.26. The van der Waals surface area contributed by atoms with Gasteiger partial charge in [0.25, 0.3) is 0 Å². The summed E-state index contributed by atoms with van der Waals surface area (Å²) in [7, 11) is 1.73. The molecule has 1 rings (SSSR count). The van der Waals surface area contributed by atoms with Crippen molar-refractivity contribution in [2.45, 2.75) is 58.9 Å². The van der Waals surface area contributed by atoms with Gasteiger partial charge in [-0.1, -0.05) is 27.7 Å². The van der Waals surface area contributed by atoms with Gasteiger partial charge in [-0.3, -0.25) is 0 Å². The summed E-state index contributed by atoms with van der Waals surface area (Å²) in [6, 6.07) is 4.33. The molecule has 102 valence electrons. The molecular formula is C16H27NO.